The number of ether oxygens (including phenoxy) is 2. The number of fused-ring (bicyclic) bond motifs is 1. The van der Waals surface area contributed by atoms with Crippen molar-refractivity contribution in [2.75, 3.05) is 73.4 Å². The SMILES string of the molecule is CN(C)C/C=C/C=O.COc1cc(Nc2ccc3ncc(-c4cnn(C5CCN(C(=O)C6CN(C)C6)CC5)c4)nc3c2)cc(OC)c1. The summed E-state index contributed by atoms with van der Waals surface area (Å²) in [5.74, 6) is 1.89. The predicted molar refractivity (Wildman–Crippen MR) is 183 cm³/mol. The van der Waals surface area contributed by atoms with Crippen molar-refractivity contribution in [3.8, 4) is 22.8 Å². The molecule has 0 saturated carbocycles. The Hall–Kier alpha value is -4.81. The molecule has 2 aromatic carbocycles. The smallest absolute Gasteiger partial charge is 0.228 e. The highest BCUT2D eigenvalue weighted by Crippen LogP contribution is 2.30. The summed E-state index contributed by atoms with van der Waals surface area (Å²) >= 11 is 0. The Labute approximate surface area is 276 Å². The summed E-state index contributed by atoms with van der Waals surface area (Å²) in [6, 6.07) is 11.8. The van der Waals surface area contributed by atoms with Crippen molar-refractivity contribution in [2.24, 2.45) is 5.92 Å². The summed E-state index contributed by atoms with van der Waals surface area (Å²) in [6.07, 6.45) is 11.6. The Morgan fingerprint density at radius 1 is 1.00 bits per heavy atom. The lowest BCUT2D eigenvalue weighted by Gasteiger charge is -2.40. The number of likely N-dealkylation sites (tertiary alicyclic amines) is 2. The second kappa shape index (κ2) is 15.7. The first-order valence-electron chi connectivity index (χ1n) is 15.8. The lowest BCUT2D eigenvalue weighted by molar-refractivity contribution is -0.141. The zero-order valence-electron chi connectivity index (χ0n) is 27.8. The van der Waals surface area contributed by atoms with Crippen molar-refractivity contribution < 1.29 is 19.1 Å². The molecule has 0 aliphatic carbocycles. The second-order valence-corrected chi connectivity index (χ2v) is 12.2. The maximum atomic E-state index is 12.7. The molecule has 0 radical (unpaired) electrons. The van der Waals surface area contributed by atoms with Crippen LogP contribution in [0.25, 0.3) is 22.3 Å². The topological polar surface area (TPSA) is 118 Å². The van der Waals surface area contributed by atoms with Crippen molar-refractivity contribution in [1.82, 2.24) is 34.4 Å². The molecular formula is C35H44N8O4. The molecule has 248 valence electrons. The van der Waals surface area contributed by atoms with Gasteiger partial charge in [0.1, 0.15) is 17.8 Å². The molecule has 2 saturated heterocycles. The number of nitrogens with zero attached hydrogens (tertiary/aromatic N) is 7. The number of aldehydes is 1. The number of anilines is 2. The van der Waals surface area contributed by atoms with Gasteiger partial charge in [-0.25, -0.2) is 4.98 Å². The number of carbonyl (C=O) groups is 2. The number of allylic oxidation sites excluding steroid dienone is 1. The second-order valence-electron chi connectivity index (χ2n) is 12.2. The predicted octanol–water partition coefficient (Wildman–Crippen LogP) is 4.28. The van der Waals surface area contributed by atoms with Gasteiger partial charge in [0.15, 0.2) is 0 Å². The van der Waals surface area contributed by atoms with E-state index in [1.807, 2.05) is 83.4 Å². The van der Waals surface area contributed by atoms with E-state index in [-0.39, 0.29) is 12.0 Å². The van der Waals surface area contributed by atoms with Gasteiger partial charge in [-0.05, 0) is 58.3 Å². The molecule has 0 unspecified atom stereocenters. The first-order chi connectivity index (χ1) is 22.8. The lowest BCUT2D eigenvalue weighted by atomic mass is 9.97. The Kier molecular flexibility index (Phi) is 11.2. The molecule has 6 rings (SSSR count). The van der Waals surface area contributed by atoms with E-state index in [1.54, 1.807) is 20.4 Å². The van der Waals surface area contributed by atoms with Gasteiger partial charge in [-0.3, -0.25) is 19.3 Å². The molecule has 12 nitrogen and oxygen atoms in total. The minimum absolute atomic E-state index is 0.170. The van der Waals surface area contributed by atoms with Crippen LogP contribution < -0.4 is 14.8 Å². The van der Waals surface area contributed by atoms with Crippen LogP contribution in [0.3, 0.4) is 0 Å². The van der Waals surface area contributed by atoms with Gasteiger partial charge in [0, 0.05) is 74.1 Å². The summed E-state index contributed by atoms with van der Waals surface area (Å²) in [6.45, 7) is 4.15. The number of hydrogen-bond acceptors (Lipinski definition) is 10. The fraction of sp³-hybridized carbons (Fsp3) is 0.400. The van der Waals surface area contributed by atoms with E-state index in [9.17, 15) is 9.59 Å². The molecule has 2 aliphatic heterocycles. The molecule has 4 heterocycles. The Morgan fingerprint density at radius 2 is 1.72 bits per heavy atom. The average Bonchev–Trinajstić information content (AvgIpc) is 3.57. The van der Waals surface area contributed by atoms with Crippen molar-refractivity contribution in [1.29, 1.82) is 0 Å². The van der Waals surface area contributed by atoms with E-state index < -0.39 is 0 Å². The largest absolute Gasteiger partial charge is 0.497 e. The molecule has 0 bridgehead atoms. The van der Waals surface area contributed by atoms with Gasteiger partial charge in [-0.1, -0.05) is 6.08 Å². The summed E-state index contributed by atoms with van der Waals surface area (Å²) in [4.78, 5) is 38.1. The Bertz CT molecular complexity index is 1670. The maximum Gasteiger partial charge on any atom is 0.228 e. The number of methoxy groups -OCH3 is 2. The van der Waals surface area contributed by atoms with E-state index in [1.165, 1.54) is 6.08 Å². The van der Waals surface area contributed by atoms with Gasteiger partial charge < -0.3 is 29.5 Å². The van der Waals surface area contributed by atoms with E-state index in [2.05, 4.69) is 27.3 Å². The van der Waals surface area contributed by atoms with Crippen LogP contribution in [-0.2, 0) is 9.59 Å². The number of likely N-dealkylation sites (N-methyl/N-ethyl adjacent to an activating group) is 1. The normalized spacial score (nSPS) is 15.7. The van der Waals surface area contributed by atoms with Crippen LogP contribution in [0.15, 0.2) is 67.1 Å². The Morgan fingerprint density at radius 3 is 2.36 bits per heavy atom. The fourth-order valence-corrected chi connectivity index (χ4v) is 5.74. The number of piperidine rings is 1. The van der Waals surface area contributed by atoms with Crippen molar-refractivity contribution >= 4 is 34.6 Å². The first kappa shape index (κ1) is 33.6. The lowest BCUT2D eigenvalue weighted by Crippen LogP contribution is -2.54. The maximum absolute atomic E-state index is 12.7. The van der Waals surface area contributed by atoms with Crippen LogP contribution in [0.4, 0.5) is 11.4 Å². The van der Waals surface area contributed by atoms with Crippen LogP contribution in [-0.4, -0.2) is 115 Å². The highest BCUT2D eigenvalue weighted by atomic mass is 16.5. The molecule has 2 aromatic heterocycles. The zero-order valence-corrected chi connectivity index (χ0v) is 27.8. The molecule has 1 N–H and O–H groups in total. The third-order valence-corrected chi connectivity index (χ3v) is 8.33. The van der Waals surface area contributed by atoms with Gasteiger partial charge in [0.25, 0.3) is 0 Å². The zero-order chi connectivity index (χ0) is 33.3. The fourth-order valence-electron chi connectivity index (χ4n) is 5.74. The quantitative estimate of drug-likeness (QED) is 0.199. The summed E-state index contributed by atoms with van der Waals surface area (Å²) in [5.41, 5.74) is 5.04. The van der Waals surface area contributed by atoms with E-state index >= 15 is 0 Å². The summed E-state index contributed by atoms with van der Waals surface area (Å²) in [7, 11) is 9.23. The summed E-state index contributed by atoms with van der Waals surface area (Å²) < 4.78 is 12.8. The number of amides is 1. The number of aromatic nitrogens is 4. The minimum atomic E-state index is 0.170. The van der Waals surface area contributed by atoms with Crippen molar-refractivity contribution in [3.63, 3.8) is 0 Å². The third-order valence-electron chi connectivity index (χ3n) is 8.33. The molecule has 2 fully saturated rings. The molecule has 12 heteroatoms. The highest BCUT2D eigenvalue weighted by Gasteiger charge is 2.35. The standard InChI is InChI=1S/C29H33N7O3.C6H11NO/c1-34-16-20(17-34)29(37)35-8-6-23(7-9-35)36-18-19(14-31-36)28-15-30-26-5-4-21(12-27(26)33-28)32-22-10-24(38-2)13-25(11-22)39-3;1-7(2)5-3-4-6-8/h4-5,10-15,18,20,23,32H,6-9,16-17H2,1-3H3;3-4,6H,5H2,1-2H3/b;4-3+. The number of carbonyl (C=O) groups excluding carboxylic acids is 2. The van der Waals surface area contributed by atoms with Crippen LogP contribution in [0, 0.1) is 5.92 Å². The molecule has 0 spiro atoms. The number of benzene rings is 2. The van der Waals surface area contributed by atoms with Crippen molar-refractivity contribution in [3.05, 3.63) is 67.1 Å². The monoisotopic (exact) mass is 640 g/mol. The minimum Gasteiger partial charge on any atom is -0.497 e. The van der Waals surface area contributed by atoms with Crippen LogP contribution >= 0.6 is 0 Å². The first-order valence-corrected chi connectivity index (χ1v) is 15.8. The van der Waals surface area contributed by atoms with E-state index in [0.29, 0.717) is 17.4 Å². The average molecular weight is 641 g/mol. The van der Waals surface area contributed by atoms with Gasteiger partial charge in [0.05, 0.1) is 55.3 Å². The van der Waals surface area contributed by atoms with Gasteiger partial charge >= 0.3 is 0 Å². The molecular weight excluding hydrogens is 596 g/mol. The van der Waals surface area contributed by atoms with Crippen molar-refractivity contribution in [2.45, 2.75) is 18.9 Å². The van der Waals surface area contributed by atoms with Gasteiger partial charge in [0.2, 0.25) is 5.91 Å². The van der Waals surface area contributed by atoms with Crippen LogP contribution in [0.5, 0.6) is 11.5 Å². The number of hydrogen-bond donors (Lipinski definition) is 1. The summed E-state index contributed by atoms with van der Waals surface area (Å²) in [5, 5.41) is 8.05. The molecule has 1 amide bonds. The Balaban J connectivity index is 0.000000483. The molecule has 4 aromatic rings. The van der Waals surface area contributed by atoms with Crippen LogP contribution in [0.1, 0.15) is 18.9 Å². The highest BCUT2D eigenvalue weighted by molar-refractivity contribution is 5.82. The molecule has 47 heavy (non-hydrogen) atoms. The van der Waals surface area contributed by atoms with E-state index in [4.69, 9.17) is 14.5 Å². The van der Waals surface area contributed by atoms with Crippen LogP contribution in [0.2, 0.25) is 0 Å². The van der Waals surface area contributed by atoms with Gasteiger partial charge in [-0.15, -0.1) is 0 Å². The number of nitrogens with one attached hydrogen (secondary N) is 1. The van der Waals surface area contributed by atoms with Gasteiger partial charge in [-0.2, -0.15) is 5.10 Å². The third kappa shape index (κ3) is 8.72. The molecule has 0 atom stereocenters. The number of rotatable bonds is 10. The van der Waals surface area contributed by atoms with E-state index in [0.717, 1.165) is 85.5 Å². The molecule has 2 aliphatic rings.